The molecular weight excluding hydrogens is 178 g/mol. The van der Waals surface area contributed by atoms with Crippen LogP contribution < -0.4 is 16.0 Å². The molecule has 14 heavy (non-hydrogen) atoms. The molecule has 0 unspecified atom stereocenters. The van der Waals surface area contributed by atoms with Gasteiger partial charge in [-0.2, -0.15) is 0 Å². The molecule has 0 atom stereocenters. The number of carbonyl (C=O) groups is 1. The number of amides is 2. The van der Waals surface area contributed by atoms with Crippen molar-refractivity contribution in [3.63, 3.8) is 0 Å². The molecule has 0 fully saturated rings. The number of hydrogen-bond acceptors (Lipinski definition) is 2. The average molecular weight is 193 g/mol. The molecule has 0 radical (unpaired) electrons. The zero-order chi connectivity index (χ0) is 10.6. The van der Waals surface area contributed by atoms with Crippen LogP contribution in [-0.2, 0) is 6.54 Å². The zero-order valence-corrected chi connectivity index (χ0v) is 8.45. The number of nitrogens with two attached hydrogens (primary N) is 1. The van der Waals surface area contributed by atoms with Crippen LogP contribution in [0, 0.1) is 0 Å². The number of benzene rings is 1. The predicted molar refractivity (Wildman–Crippen MR) is 57.2 cm³/mol. The third-order valence-electron chi connectivity index (χ3n) is 2.01. The van der Waals surface area contributed by atoms with Crippen molar-refractivity contribution in [2.24, 2.45) is 5.73 Å². The highest BCUT2D eigenvalue weighted by Gasteiger charge is 2.05. The van der Waals surface area contributed by atoms with E-state index in [0.29, 0.717) is 0 Å². The predicted octanol–water partition coefficient (Wildman–Crippen LogP) is 0.921. The van der Waals surface area contributed by atoms with Crippen molar-refractivity contribution in [3.05, 3.63) is 29.8 Å². The number of nitrogens with one attached hydrogen (secondary N) is 1. The van der Waals surface area contributed by atoms with Gasteiger partial charge < -0.3 is 11.1 Å². The lowest BCUT2D eigenvalue weighted by Crippen LogP contribution is -2.31. The first kappa shape index (κ1) is 10.5. The maximum Gasteiger partial charge on any atom is 0.318 e. The van der Waals surface area contributed by atoms with Gasteiger partial charge in [0.2, 0.25) is 0 Å². The third-order valence-corrected chi connectivity index (χ3v) is 2.01. The molecule has 4 nitrogen and oxygen atoms in total. The Morgan fingerprint density at radius 3 is 2.86 bits per heavy atom. The van der Waals surface area contributed by atoms with E-state index in [4.69, 9.17) is 5.73 Å². The minimum absolute atomic E-state index is 0.452. The van der Waals surface area contributed by atoms with Gasteiger partial charge >= 0.3 is 6.03 Å². The smallest absolute Gasteiger partial charge is 0.318 e. The quantitative estimate of drug-likeness (QED) is 0.750. The lowest BCUT2D eigenvalue weighted by atomic mass is 10.2. The lowest BCUT2D eigenvalue weighted by molar-refractivity contribution is 0.255. The number of nitrogens with zero attached hydrogens (tertiary/aromatic N) is 1. The van der Waals surface area contributed by atoms with Gasteiger partial charge in [-0.05, 0) is 24.7 Å². The Morgan fingerprint density at radius 2 is 2.29 bits per heavy atom. The van der Waals surface area contributed by atoms with Gasteiger partial charge in [0.15, 0.2) is 0 Å². The summed E-state index contributed by atoms with van der Waals surface area (Å²) in [5, 5.41) is 3.04. The van der Waals surface area contributed by atoms with E-state index in [1.807, 2.05) is 31.3 Å². The maximum atomic E-state index is 10.9. The highest BCUT2D eigenvalue weighted by molar-refractivity contribution is 5.90. The van der Waals surface area contributed by atoms with E-state index in [-0.39, 0.29) is 0 Å². The summed E-state index contributed by atoms with van der Waals surface area (Å²) in [4.78, 5) is 12.3. The molecule has 0 aliphatic heterocycles. The van der Waals surface area contributed by atoms with Gasteiger partial charge in [-0.15, -0.1) is 0 Å². The highest BCUT2D eigenvalue weighted by atomic mass is 16.2. The summed E-state index contributed by atoms with van der Waals surface area (Å²) in [5.41, 5.74) is 7.10. The minimum atomic E-state index is -0.452. The molecule has 0 spiro atoms. The number of urea groups is 1. The van der Waals surface area contributed by atoms with Crippen LogP contribution in [0.2, 0.25) is 0 Å². The number of primary amides is 1. The van der Waals surface area contributed by atoms with Crippen LogP contribution in [0.15, 0.2) is 24.3 Å². The van der Waals surface area contributed by atoms with Crippen molar-refractivity contribution >= 4 is 11.7 Å². The molecule has 0 bridgehead atoms. The summed E-state index contributed by atoms with van der Waals surface area (Å²) in [6, 6.07) is 7.23. The Kier molecular flexibility index (Phi) is 3.48. The number of carbonyl (C=O) groups excluding carboxylic acids is 1. The summed E-state index contributed by atoms with van der Waals surface area (Å²) in [5.74, 6) is 0. The molecule has 2 amide bonds. The molecule has 0 saturated heterocycles. The van der Waals surface area contributed by atoms with Gasteiger partial charge in [-0.1, -0.05) is 12.1 Å². The van der Waals surface area contributed by atoms with Gasteiger partial charge in [0.05, 0.1) is 0 Å². The summed E-state index contributed by atoms with van der Waals surface area (Å²) >= 11 is 0. The first-order chi connectivity index (χ1) is 6.65. The van der Waals surface area contributed by atoms with E-state index in [0.717, 1.165) is 17.8 Å². The van der Waals surface area contributed by atoms with Crippen molar-refractivity contribution < 1.29 is 4.79 Å². The van der Waals surface area contributed by atoms with Gasteiger partial charge in [0.1, 0.15) is 0 Å². The van der Waals surface area contributed by atoms with E-state index < -0.39 is 6.03 Å². The molecule has 0 heterocycles. The van der Waals surface area contributed by atoms with Crippen LogP contribution in [0.1, 0.15) is 5.56 Å². The Labute approximate surface area is 83.7 Å². The Morgan fingerprint density at radius 1 is 1.57 bits per heavy atom. The average Bonchev–Trinajstić information content (AvgIpc) is 2.17. The summed E-state index contributed by atoms with van der Waals surface area (Å²) in [6.45, 7) is 0.778. The second kappa shape index (κ2) is 4.62. The SMILES string of the molecule is CNCc1cccc(N(C)C(N)=O)c1. The fourth-order valence-electron chi connectivity index (χ4n) is 1.21. The molecule has 0 saturated carbocycles. The van der Waals surface area contributed by atoms with E-state index in [1.165, 1.54) is 4.90 Å². The summed E-state index contributed by atoms with van der Waals surface area (Å²) in [7, 11) is 3.53. The van der Waals surface area contributed by atoms with E-state index in [1.54, 1.807) is 7.05 Å². The Bertz CT molecular complexity index is 325. The second-order valence-electron chi connectivity index (χ2n) is 3.10. The molecule has 0 aromatic heterocycles. The van der Waals surface area contributed by atoms with Crippen molar-refractivity contribution in [1.82, 2.24) is 5.32 Å². The molecule has 76 valence electrons. The van der Waals surface area contributed by atoms with Crippen molar-refractivity contribution in [3.8, 4) is 0 Å². The minimum Gasteiger partial charge on any atom is -0.351 e. The van der Waals surface area contributed by atoms with Gasteiger partial charge in [0.25, 0.3) is 0 Å². The van der Waals surface area contributed by atoms with Crippen molar-refractivity contribution in [2.45, 2.75) is 6.54 Å². The largest absolute Gasteiger partial charge is 0.351 e. The van der Waals surface area contributed by atoms with Crippen molar-refractivity contribution in [2.75, 3.05) is 19.0 Å². The first-order valence-corrected chi connectivity index (χ1v) is 4.42. The summed E-state index contributed by atoms with van der Waals surface area (Å²) < 4.78 is 0. The standard InChI is InChI=1S/C10H15N3O/c1-12-7-8-4-3-5-9(6-8)13(2)10(11)14/h3-6,12H,7H2,1-2H3,(H2,11,14). The summed E-state index contributed by atoms with van der Waals surface area (Å²) in [6.07, 6.45) is 0. The number of hydrogen-bond donors (Lipinski definition) is 2. The van der Waals surface area contributed by atoms with Crippen LogP contribution in [0.3, 0.4) is 0 Å². The van der Waals surface area contributed by atoms with Crippen molar-refractivity contribution in [1.29, 1.82) is 0 Å². The Balaban J connectivity index is 2.87. The van der Waals surface area contributed by atoms with Gasteiger partial charge in [0, 0.05) is 19.3 Å². The lowest BCUT2D eigenvalue weighted by Gasteiger charge is -2.15. The fourth-order valence-corrected chi connectivity index (χ4v) is 1.21. The number of anilines is 1. The fraction of sp³-hybridized carbons (Fsp3) is 0.300. The van der Waals surface area contributed by atoms with Crippen LogP contribution >= 0.6 is 0 Å². The molecule has 1 aromatic rings. The molecular formula is C10H15N3O. The van der Waals surface area contributed by atoms with E-state index in [9.17, 15) is 4.79 Å². The molecule has 3 N–H and O–H groups in total. The normalized spacial score (nSPS) is 9.86. The van der Waals surface area contributed by atoms with Crippen LogP contribution in [0.5, 0.6) is 0 Å². The first-order valence-electron chi connectivity index (χ1n) is 4.42. The third kappa shape index (κ3) is 2.47. The monoisotopic (exact) mass is 193 g/mol. The van der Waals surface area contributed by atoms with Gasteiger partial charge in [-0.3, -0.25) is 4.90 Å². The van der Waals surface area contributed by atoms with E-state index >= 15 is 0 Å². The van der Waals surface area contributed by atoms with Crippen LogP contribution in [0.25, 0.3) is 0 Å². The molecule has 1 rings (SSSR count). The second-order valence-corrected chi connectivity index (χ2v) is 3.10. The Hall–Kier alpha value is -1.55. The van der Waals surface area contributed by atoms with Gasteiger partial charge in [-0.25, -0.2) is 4.79 Å². The molecule has 0 aliphatic rings. The van der Waals surface area contributed by atoms with Crippen LogP contribution in [-0.4, -0.2) is 20.1 Å². The highest BCUT2D eigenvalue weighted by Crippen LogP contribution is 2.14. The number of rotatable bonds is 3. The molecule has 4 heteroatoms. The zero-order valence-electron chi connectivity index (χ0n) is 8.45. The molecule has 0 aliphatic carbocycles. The molecule has 1 aromatic carbocycles. The maximum absolute atomic E-state index is 10.9. The van der Waals surface area contributed by atoms with Crippen LogP contribution in [0.4, 0.5) is 10.5 Å². The topological polar surface area (TPSA) is 58.4 Å². The van der Waals surface area contributed by atoms with E-state index in [2.05, 4.69) is 5.32 Å².